The van der Waals surface area contributed by atoms with Crippen LogP contribution in [0.5, 0.6) is 0 Å². The summed E-state index contributed by atoms with van der Waals surface area (Å²) in [5, 5.41) is 3.17. The second kappa shape index (κ2) is 9.99. The molecule has 8 rings (SSSR count). The van der Waals surface area contributed by atoms with Crippen LogP contribution in [0.25, 0.3) is 72.3 Å². The molecule has 3 aromatic heterocycles. The minimum Gasteiger partial charge on any atom is -0.456 e. The van der Waals surface area contributed by atoms with Crippen molar-refractivity contribution in [1.29, 1.82) is 0 Å². The molecule has 4 nitrogen and oxygen atoms in total. The fourth-order valence-corrected chi connectivity index (χ4v) is 6.68. The van der Waals surface area contributed by atoms with Gasteiger partial charge in [-0.15, -0.1) is 0 Å². The summed E-state index contributed by atoms with van der Waals surface area (Å²) in [5.74, 6) is 2.34. The molecule has 0 atom stereocenters. The molecule has 0 amide bonds. The van der Waals surface area contributed by atoms with Crippen molar-refractivity contribution in [1.82, 2.24) is 9.55 Å². The molecule has 216 valence electrons. The lowest BCUT2D eigenvalue weighted by Crippen LogP contribution is -2.08. The van der Waals surface area contributed by atoms with Crippen LogP contribution in [0.4, 0.5) is 0 Å². The summed E-state index contributed by atoms with van der Waals surface area (Å²) in [6.45, 7) is 11.2. The minimum atomic E-state index is 0.327. The maximum absolute atomic E-state index is 6.79. The molecule has 4 heteroatoms. The van der Waals surface area contributed by atoms with E-state index >= 15 is 0 Å². The van der Waals surface area contributed by atoms with E-state index in [0.717, 1.165) is 72.2 Å². The third kappa shape index (κ3) is 4.01. The Morgan fingerprint density at radius 2 is 1.36 bits per heavy atom. The zero-order valence-electron chi connectivity index (χ0n) is 25.7. The van der Waals surface area contributed by atoms with E-state index in [1.54, 1.807) is 0 Å². The Hall–Kier alpha value is -5.09. The summed E-state index contributed by atoms with van der Waals surface area (Å²) >= 11 is 0. The average Bonchev–Trinajstić information content (AvgIpc) is 3.73. The van der Waals surface area contributed by atoms with Crippen molar-refractivity contribution >= 4 is 43.9 Å². The predicted octanol–water partition coefficient (Wildman–Crippen LogP) is 11.6. The first kappa shape index (κ1) is 26.5. The van der Waals surface area contributed by atoms with Crippen molar-refractivity contribution in [2.75, 3.05) is 0 Å². The smallest absolute Gasteiger partial charge is 0.149 e. The summed E-state index contributed by atoms with van der Waals surface area (Å²) in [6.07, 6.45) is 0. The van der Waals surface area contributed by atoms with Gasteiger partial charge in [0.2, 0.25) is 0 Å². The van der Waals surface area contributed by atoms with Crippen LogP contribution in [-0.2, 0) is 0 Å². The van der Waals surface area contributed by atoms with E-state index < -0.39 is 0 Å². The van der Waals surface area contributed by atoms with Crippen molar-refractivity contribution in [2.24, 2.45) is 0 Å². The van der Waals surface area contributed by atoms with Gasteiger partial charge in [-0.2, -0.15) is 0 Å². The van der Waals surface area contributed by atoms with Gasteiger partial charge in [0.1, 0.15) is 28.3 Å². The summed E-state index contributed by atoms with van der Waals surface area (Å²) in [4.78, 5) is 5.33. The van der Waals surface area contributed by atoms with Gasteiger partial charge in [-0.05, 0) is 65.8 Å². The first-order valence-corrected chi connectivity index (χ1v) is 15.4. The van der Waals surface area contributed by atoms with Crippen LogP contribution in [0.15, 0.2) is 112 Å². The lowest BCUT2D eigenvalue weighted by molar-refractivity contribution is 0.631. The molecule has 0 radical (unpaired) electrons. The van der Waals surface area contributed by atoms with Crippen LogP contribution in [0.2, 0.25) is 0 Å². The summed E-state index contributed by atoms with van der Waals surface area (Å²) in [6, 6.07) is 36.1. The Kier molecular flexibility index (Phi) is 6.02. The van der Waals surface area contributed by atoms with E-state index in [2.05, 4.69) is 124 Å². The van der Waals surface area contributed by atoms with Crippen molar-refractivity contribution in [2.45, 2.75) is 46.5 Å². The van der Waals surface area contributed by atoms with Crippen LogP contribution in [0.3, 0.4) is 0 Å². The van der Waals surface area contributed by atoms with E-state index in [0.29, 0.717) is 11.8 Å². The number of nitrogens with zero attached hydrogens (tertiary/aromatic N) is 2. The van der Waals surface area contributed by atoms with E-state index in [1.807, 2.05) is 18.2 Å². The fraction of sp³-hybridized carbons (Fsp3) is 0.175. The Balaban J connectivity index is 1.54. The first-order chi connectivity index (χ1) is 21.4. The lowest BCUT2D eigenvalue weighted by atomic mass is 9.92. The number of rotatable bonds is 5. The molecule has 0 aliphatic rings. The highest BCUT2D eigenvalue weighted by molar-refractivity contribution is 6.22. The normalized spacial score (nSPS) is 12.2. The largest absolute Gasteiger partial charge is 0.456 e. The van der Waals surface area contributed by atoms with Crippen LogP contribution in [0.1, 0.15) is 56.2 Å². The number of benzene rings is 5. The number of aryl methyl sites for hydroxylation is 1. The van der Waals surface area contributed by atoms with E-state index in [4.69, 9.17) is 13.8 Å². The Labute approximate surface area is 256 Å². The molecule has 0 aliphatic carbocycles. The zero-order valence-corrected chi connectivity index (χ0v) is 25.7. The molecule has 44 heavy (non-hydrogen) atoms. The van der Waals surface area contributed by atoms with Gasteiger partial charge in [0, 0.05) is 21.7 Å². The highest BCUT2D eigenvalue weighted by Crippen LogP contribution is 2.45. The maximum Gasteiger partial charge on any atom is 0.149 e. The van der Waals surface area contributed by atoms with E-state index in [9.17, 15) is 0 Å². The molecule has 5 aromatic carbocycles. The zero-order chi connectivity index (χ0) is 30.1. The molecule has 0 saturated heterocycles. The molecule has 0 bridgehead atoms. The monoisotopic (exact) mass is 574 g/mol. The van der Waals surface area contributed by atoms with Crippen molar-refractivity contribution < 1.29 is 8.83 Å². The van der Waals surface area contributed by atoms with Crippen LogP contribution in [-0.4, -0.2) is 9.55 Å². The second-order valence-electron chi connectivity index (χ2n) is 12.5. The van der Waals surface area contributed by atoms with Gasteiger partial charge in [-0.3, -0.25) is 4.57 Å². The molecule has 0 saturated carbocycles. The SMILES string of the molecule is Cc1ccc2c(c1)oc1c(-c3nc4ccccc4n3-c3c(C(C)C)cccc3C(C)C)cc3oc(-c4ccccc4)cc3c12. The molecule has 0 N–H and O–H groups in total. The number of para-hydroxylation sites is 3. The first-order valence-electron chi connectivity index (χ1n) is 15.4. The molecule has 0 unspecified atom stereocenters. The van der Waals surface area contributed by atoms with Gasteiger partial charge in [0.15, 0.2) is 0 Å². The Morgan fingerprint density at radius 3 is 2.11 bits per heavy atom. The number of imidazole rings is 1. The second-order valence-corrected chi connectivity index (χ2v) is 12.5. The minimum absolute atomic E-state index is 0.327. The highest BCUT2D eigenvalue weighted by atomic mass is 16.3. The van der Waals surface area contributed by atoms with E-state index in [-0.39, 0.29) is 0 Å². The molecular weight excluding hydrogens is 540 g/mol. The van der Waals surface area contributed by atoms with Crippen LogP contribution in [0, 0.1) is 6.92 Å². The molecule has 0 fully saturated rings. The molecule has 0 spiro atoms. The molecular formula is C40H34N2O2. The third-order valence-electron chi connectivity index (χ3n) is 8.82. The molecule has 8 aromatic rings. The van der Waals surface area contributed by atoms with Gasteiger partial charge >= 0.3 is 0 Å². The summed E-state index contributed by atoms with van der Waals surface area (Å²) in [7, 11) is 0. The topological polar surface area (TPSA) is 44.1 Å². The number of furan rings is 2. The van der Waals surface area contributed by atoms with Crippen molar-refractivity contribution in [3.05, 3.63) is 120 Å². The van der Waals surface area contributed by atoms with Gasteiger partial charge < -0.3 is 8.83 Å². The third-order valence-corrected chi connectivity index (χ3v) is 8.82. The maximum atomic E-state index is 6.79. The standard InChI is InChI=1S/C40H34N2O2/c1-23(2)27-14-11-15-28(24(3)4)38(27)42-33-17-10-9-16-32(33)41-40(42)31-22-36-30(21-34(43-36)26-12-7-6-8-13-26)37-29-19-18-25(5)20-35(29)44-39(31)37/h6-24H,1-5H3. The Bertz CT molecular complexity index is 2320. The van der Waals surface area contributed by atoms with Gasteiger partial charge in [0.25, 0.3) is 0 Å². The Morgan fingerprint density at radius 1 is 0.659 bits per heavy atom. The van der Waals surface area contributed by atoms with Gasteiger partial charge in [0.05, 0.1) is 22.3 Å². The van der Waals surface area contributed by atoms with Crippen molar-refractivity contribution in [3.8, 4) is 28.4 Å². The quantitative estimate of drug-likeness (QED) is 0.205. The van der Waals surface area contributed by atoms with Crippen LogP contribution < -0.4 is 0 Å². The predicted molar refractivity (Wildman–Crippen MR) is 182 cm³/mol. The van der Waals surface area contributed by atoms with Gasteiger partial charge in [-0.1, -0.05) is 100 Å². The van der Waals surface area contributed by atoms with E-state index in [1.165, 1.54) is 16.8 Å². The number of hydrogen-bond acceptors (Lipinski definition) is 3. The lowest BCUT2D eigenvalue weighted by Gasteiger charge is -2.22. The van der Waals surface area contributed by atoms with Crippen LogP contribution >= 0.6 is 0 Å². The summed E-state index contributed by atoms with van der Waals surface area (Å²) < 4.78 is 15.8. The summed E-state index contributed by atoms with van der Waals surface area (Å²) in [5.41, 5.74) is 11.4. The fourth-order valence-electron chi connectivity index (χ4n) is 6.68. The molecule has 3 heterocycles. The number of hydrogen-bond donors (Lipinski definition) is 0. The number of aromatic nitrogens is 2. The highest BCUT2D eigenvalue weighted by Gasteiger charge is 2.26. The van der Waals surface area contributed by atoms with Gasteiger partial charge in [-0.25, -0.2) is 4.98 Å². The molecule has 0 aliphatic heterocycles. The number of fused-ring (bicyclic) bond motifs is 6. The average molecular weight is 575 g/mol. The van der Waals surface area contributed by atoms with Crippen molar-refractivity contribution in [3.63, 3.8) is 0 Å².